The van der Waals surface area contributed by atoms with Gasteiger partial charge in [-0.15, -0.1) is 0 Å². The molecule has 0 spiro atoms. The molecule has 0 radical (unpaired) electrons. The van der Waals surface area contributed by atoms with Gasteiger partial charge in [0.05, 0.1) is 27.0 Å². The zero-order valence-electron chi connectivity index (χ0n) is 16.6. The maximum absolute atomic E-state index is 12.6. The number of hydrogen-bond donors (Lipinski definition) is 1. The van der Waals surface area contributed by atoms with Crippen molar-refractivity contribution in [3.05, 3.63) is 48.0 Å². The average molecular weight is 385 g/mol. The van der Waals surface area contributed by atoms with Crippen molar-refractivity contribution >= 4 is 11.7 Å². The molecule has 0 aliphatic carbocycles. The van der Waals surface area contributed by atoms with Crippen LogP contribution in [0.25, 0.3) is 0 Å². The third kappa shape index (κ3) is 4.86. The van der Waals surface area contributed by atoms with Crippen molar-refractivity contribution in [1.82, 2.24) is 9.80 Å². The Balaban J connectivity index is 1.52. The molecule has 1 aliphatic heterocycles. The summed E-state index contributed by atoms with van der Waals surface area (Å²) in [6.07, 6.45) is 0. The standard InChI is InChI=1S/C21H27N3O4/c1-26-17-6-4-16(5-7-17)15-23-10-12-24(13-11-23)21(25)22-19-9-8-18(27-2)14-20(19)28-3/h4-9,14H,10-13,15H2,1-3H3,(H,22,25). The minimum absolute atomic E-state index is 0.118. The van der Waals surface area contributed by atoms with Gasteiger partial charge in [-0.25, -0.2) is 4.79 Å². The molecular weight excluding hydrogens is 358 g/mol. The van der Waals surface area contributed by atoms with Crippen molar-refractivity contribution in [1.29, 1.82) is 0 Å². The second kappa shape index (κ2) is 9.32. The molecule has 3 rings (SSSR count). The largest absolute Gasteiger partial charge is 0.497 e. The minimum Gasteiger partial charge on any atom is -0.497 e. The van der Waals surface area contributed by atoms with Gasteiger partial charge in [0.25, 0.3) is 0 Å². The van der Waals surface area contributed by atoms with Crippen molar-refractivity contribution in [3.63, 3.8) is 0 Å². The van der Waals surface area contributed by atoms with Crippen molar-refractivity contribution < 1.29 is 19.0 Å². The molecule has 1 saturated heterocycles. The Labute approximate surface area is 165 Å². The van der Waals surface area contributed by atoms with E-state index in [1.54, 1.807) is 39.5 Å². The summed E-state index contributed by atoms with van der Waals surface area (Å²) in [5.41, 5.74) is 1.87. The number of benzene rings is 2. The monoisotopic (exact) mass is 385 g/mol. The predicted octanol–water partition coefficient (Wildman–Crippen LogP) is 3.06. The van der Waals surface area contributed by atoms with E-state index in [0.29, 0.717) is 30.3 Å². The summed E-state index contributed by atoms with van der Waals surface area (Å²) in [7, 11) is 4.83. The normalized spacial score (nSPS) is 14.5. The Morgan fingerprint density at radius 3 is 2.14 bits per heavy atom. The fourth-order valence-electron chi connectivity index (χ4n) is 3.19. The third-order valence-corrected chi connectivity index (χ3v) is 4.88. The molecule has 1 heterocycles. The summed E-state index contributed by atoms with van der Waals surface area (Å²) in [4.78, 5) is 16.8. The first-order valence-corrected chi connectivity index (χ1v) is 9.26. The Morgan fingerprint density at radius 1 is 0.893 bits per heavy atom. The van der Waals surface area contributed by atoms with Crippen molar-refractivity contribution in [2.24, 2.45) is 0 Å². The first-order chi connectivity index (χ1) is 13.6. The molecule has 2 aromatic carbocycles. The first kappa shape index (κ1) is 19.8. The number of anilines is 1. The van der Waals surface area contributed by atoms with Gasteiger partial charge in [-0.2, -0.15) is 0 Å². The number of ether oxygens (including phenoxy) is 3. The quantitative estimate of drug-likeness (QED) is 0.828. The smallest absolute Gasteiger partial charge is 0.322 e. The lowest BCUT2D eigenvalue weighted by Gasteiger charge is -2.34. The highest BCUT2D eigenvalue weighted by Crippen LogP contribution is 2.29. The maximum Gasteiger partial charge on any atom is 0.322 e. The summed E-state index contributed by atoms with van der Waals surface area (Å²) in [6.45, 7) is 3.89. The number of piperazine rings is 1. The van der Waals surface area contributed by atoms with Crippen molar-refractivity contribution in [2.75, 3.05) is 52.8 Å². The lowest BCUT2D eigenvalue weighted by Crippen LogP contribution is -2.49. The topological polar surface area (TPSA) is 63.3 Å². The lowest BCUT2D eigenvalue weighted by molar-refractivity contribution is 0.143. The molecule has 0 unspecified atom stereocenters. The van der Waals surface area contributed by atoms with Gasteiger partial charge in [-0.05, 0) is 29.8 Å². The Bertz CT molecular complexity index is 787. The molecule has 0 bridgehead atoms. The molecule has 0 aromatic heterocycles. The van der Waals surface area contributed by atoms with Gasteiger partial charge in [-0.3, -0.25) is 4.90 Å². The van der Waals surface area contributed by atoms with Gasteiger partial charge >= 0.3 is 6.03 Å². The number of urea groups is 1. The van der Waals surface area contributed by atoms with Crippen LogP contribution in [0, 0.1) is 0 Å². The van der Waals surface area contributed by atoms with E-state index in [4.69, 9.17) is 14.2 Å². The van der Waals surface area contributed by atoms with Crippen LogP contribution in [0.5, 0.6) is 17.2 Å². The number of rotatable bonds is 6. The highest BCUT2D eigenvalue weighted by Gasteiger charge is 2.22. The number of methoxy groups -OCH3 is 3. The molecule has 2 amide bonds. The van der Waals surface area contributed by atoms with Crippen LogP contribution in [0.4, 0.5) is 10.5 Å². The van der Waals surface area contributed by atoms with Gasteiger partial charge in [0, 0.05) is 38.8 Å². The SMILES string of the molecule is COc1ccc(CN2CCN(C(=O)Nc3ccc(OC)cc3OC)CC2)cc1. The van der Waals surface area contributed by atoms with Crippen LogP contribution in [0.2, 0.25) is 0 Å². The molecule has 7 nitrogen and oxygen atoms in total. The molecule has 150 valence electrons. The van der Waals surface area contributed by atoms with E-state index >= 15 is 0 Å². The molecular formula is C21H27N3O4. The fraction of sp³-hybridized carbons (Fsp3) is 0.381. The van der Waals surface area contributed by atoms with E-state index < -0.39 is 0 Å². The summed E-state index contributed by atoms with van der Waals surface area (Å²) < 4.78 is 15.7. The second-order valence-corrected chi connectivity index (χ2v) is 6.61. The molecule has 28 heavy (non-hydrogen) atoms. The van der Waals surface area contributed by atoms with E-state index in [2.05, 4.69) is 22.3 Å². The van der Waals surface area contributed by atoms with Crippen LogP contribution in [-0.2, 0) is 6.54 Å². The van der Waals surface area contributed by atoms with Crippen molar-refractivity contribution in [3.8, 4) is 17.2 Å². The fourth-order valence-corrected chi connectivity index (χ4v) is 3.19. The number of nitrogens with zero attached hydrogens (tertiary/aromatic N) is 2. The van der Waals surface area contributed by atoms with Gasteiger partial charge < -0.3 is 24.4 Å². The van der Waals surface area contributed by atoms with E-state index in [1.165, 1.54) is 5.56 Å². The van der Waals surface area contributed by atoms with Crippen LogP contribution in [0.3, 0.4) is 0 Å². The Hall–Kier alpha value is -2.93. The molecule has 2 aromatic rings. The van der Waals surface area contributed by atoms with Gasteiger partial charge in [-0.1, -0.05) is 12.1 Å². The minimum atomic E-state index is -0.118. The molecule has 1 N–H and O–H groups in total. The van der Waals surface area contributed by atoms with Crippen LogP contribution < -0.4 is 19.5 Å². The predicted molar refractivity (Wildman–Crippen MR) is 108 cm³/mol. The van der Waals surface area contributed by atoms with E-state index in [1.807, 2.05) is 17.0 Å². The molecule has 0 atom stereocenters. The first-order valence-electron chi connectivity index (χ1n) is 9.26. The third-order valence-electron chi connectivity index (χ3n) is 4.88. The second-order valence-electron chi connectivity index (χ2n) is 6.61. The summed E-state index contributed by atoms with van der Waals surface area (Å²) in [5.74, 6) is 2.12. The zero-order chi connectivity index (χ0) is 19.9. The number of hydrogen-bond acceptors (Lipinski definition) is 5. The number of nitrogens with one attached hydrogen (secondary N) is 1. The van der Waals surface area contributed by atoms with E-state index in [0.717, 1.165) is 25.4 Å². The van der Waals surface area contributed by atoms with Gasteiger partial charge in [0.1, 0.15) is 17.2 Å². The average Bonchev–Trinajstić information content (AvgIpc) is 2.75. The molecule has 1 aliphatic rings. The highest BCUT2D eigenvalue weighted by molar-refractivity contribution is 5.91. The zero-order valence-corrected chi connectivity index (χ0v) is 16.6. The number of carbonyl (C=O) groups is 1. The van der Waals surface area contributed by atoms with Crippen LogP contribution in [0.15, 0.2) is 42.5 Å². The van der Waals surface area contributed by atoms with Crippen LogP contribution >= 0.6 is 0 Å². The Kier molecular flexibility index (Phi) is 6.60. The molecule has 0 saturated carbocycles. The van der Waals surface area contributed by atoms with Crippen molar-refractivity contribution in [2.45, 2.75) is 6.54 Å². The summed E-state index contributed by atoms with van der Waals surface area (Å²) in [6, 6.07) is 13.3. The maximum atomic E-state index is 12.6. The van der Waals surface area contributed by atoms with Gasteiger partial charge in [0.15, 0.2) is 0 Å². The summed E-state index contributed by atoms with van der Waals surface area (Å²) >= 11 is 0. The summed E-state index contributed by atoms with van der Waals surface area (Å²) in [5, 5.41) is 2.93. The van der Waals surface area contributed by atoms with Crippen LogP contribution in [0.1, 0.15) is 5.56 Å². The lowest BCUT2D eigenvalue weighted by atomic mass is 10.2. The number of amides is 2. The number of carbonyl (C=O) groups excluding carboxylic acids is 1. The highest BCUT2D eigenvalue weighted by atomic mass is 16.5. The van der Waals surface area contributed by atoms with Crippen LogP contribution in [-0.4, -0.2) is 63.3 Å². The van der Waals surface area contributed by atoms with E-state index in [9.17, 15) is 4.79 Å². The molecule has 7 heteroatoms. The van der Waals surface area contributed by atoms with Gasteiger partial charge in [0.2, 0.25) is 0 Å². The Morgan fingerprint density at radius 2 is 1.54 bits per heavy atom. The van der Waals surface area contributed by atoms with E-state index in [-0.39, 0.29) is 6.03 Å². The molecule has 1 fully saturated rings.